The molecule has 0 bridgehead atoms. The summed E-state index contributed by atoms with van der Waals surface area (Å²) in [5.41, 5.74) is 5.80. The molecule has 0 N–H and O–H groups in total. The van der Waals surface area contributed by atoms with Crippen LogP contribution in [0.2, 0.25) is 0 Å². The lowest BCUT2D eigenvalue weighted by atomic mass is 9.82. The number of hydrogen-bond donors (Lipinski definition) is 0. The van der Waals surface area contributed by atoms with Gasteiger partial charge in [-0.1, -0.05) is 164 Å². The highest BCUT2D eigenvalue weighted by molar-refractivity contribution is 6.27. The molecule has 9 aromatic carbocycles. The third-order valence-electron chi connectivity index (χ3n) is 9.50. The van der Waals surface area contributed by atoms with Crippen LogP contribution < -0.4 is 0 Å². The normalized spacial score (nSPS) is 13.7. The molecule has 0 aliphatic carbocycles. The van der Waals surface area contributed by atoms with E-state index in [2.05, 4.69) is 0 Å². The van der Waals surface area contributed by atoms with Crippen molar-refractivity contribution in [2.24, 2.45) is 0 Å². The van der Waals surface area contributed by atoms with Crippen LogP contribution in [-0.4, -0.2) is 0 Å². The predicted octanol–water partition coefficient (Wildman–Crippen LogP) is 13.7. The summed E-state index contributed by atoms with van der Waals surface area (Å²) in [5, 5.41) is 4.49. The Morgan fingerprint density at radius 3 is 1.82 bits per heavy atom. The van der Waals surface area contributed by atoms with Gasteiger partial charge in [-0.15, -0.1) is 0 Å². The van der Waals surface area contributed by atoms with Gasteiger partial charge in [0.2, 0.25) is 0 Å². The zero-order chi connectivity index (χ0) is 38.4. The fourth-order valence-electron chi connectivity index (χ4n) is 7.34. The first-order chi connectivity index (χ1) is 27.3. The molecule has 1 nitrogen and oxygen atoms in total. The van der Waals surface area contributed by atoms with Gasteiger partial charge in [0.25, 0.3) is 0 Å². The van der Waals surface area contributed by atoms with E-state index in [-0.39, 0.29) is 51.9 Å². The van der Waals surface area contributed by atoms with Crippen molar-refractivity contribution in [1.29, 1.82) is 0 Å². The van der Waals surface area contributed by atoms with Crippen LogP contribution in [0.15, 0.2) is 186 Å². The smallest absolute Gasteiger partial charge is 0.143 e. The Morgan fingerprint density at radius 1 is 0.388 bits per heavy atom. The lowest BCUT2D eigenvalue weighted by Gasteiger charge is -2.21. The fraction of sp³-hybridized carbons (Fsp3) is 0. The summed E-state index contributed by atoms with van der Waals surface area (Å²) < 4.78 is 73.3. The van der Waals surface area contributed by atoms with Crippen LogP contribution in [0.25, 0.3) is 98.8 Å². The predicted molar refractivity (Wildman–Crippen MR) is 208 cm³/mol. The average molecular weight is 630 g/mol. The van der Waals surface area contributed by atoms with Gasteiger partial charge in [0.05, 0.1) is 9.60 Å². The van der Waals surface area contributed by atoms with E-state index in [1.165, 1.54) is 0 Å². The van der Waals surface area contributed by atoms with E-state index in [1.807, 2.05) is 140 Å². The Hall–Kier alpha value is -6.44. The minimum Gasteiger partial charge on any atom is -0.455 e. The summed E-state index contributed by atoms with van der Waals surface area (Å²) in [5.74, 6) is 0. The Balaban J connectivity index is 1.51. The van der Waals surface area contributed by atoms with Crippen LogP contribution in [-0.2, 0) is 0 Å². The molecule has 1 heteroatoms. The van der Waals surface area contributed by atoms with Crippen molar-refractivity contribution in [3.05, 3.63) is 182 Å². The fourth-order valence-corrected chi connectivity index (χ4v) is 7.34. The maximum Gasteiger partial charge on any atom is 0.143 e. The van der Waals surface area contributed by atoms with Gasteiger partial charge in [0.1, 0.15) is 11.2 Å². The number of fused-ring (bicyclic) bond motifs is 7. The summed E-state index contributed by atoms with van der Waals surface area (Å²) in [4.78, 5) is 0. The molecule has 0 aliphatic rings. The van der Waals surface area contributed by atoms with Gasteiger partial charge in [-0.25, -0.2) is 0 Å². The molecule has 10 aromatic rings. The third kappa shape index (κ3) is 4.33. The van der Waals surface area contributed by atoms with Crippen molar-refractivity contribution in [3.8, 4) is 44.5 Å². The number of furan rings is 1. The Morgan fingerprint density at radius 2 is 1.02 bits per heavy atom. The second-order valence-electron chi connectivity index (χ2n) is 12.2. The van der Waals surface area contributed by atoms with Crippen LogP contribution in [0.4, 0.5) is 0 Å². The molecular weight excluding hydrogens is 593 g/mol. The first-order valence-corrected chi connectivity index (χ1v) is 16.3. The molecule has 0 fully saturated rings. The molecule has 10 rings (SSSR count). The second kappa shape index (κ2) is 11.1. The molecule has 0 aliphatic heterocycles. The topological polar surface area (TPSA) is 13.1 Å². The Kier molecular flexibility index (Phi) is 4.85. The molecule has 0 saturated heterocycles. The lowest BCUT2D eigenvalue weighted by Crippen LogP contribution is -1.93. The summed E-state index contributed by atoms with van der Waals surface area (Å²) in [6.45, 7) is 0. The quantitative estimate of drug-likeness (QED) is 0.177. The van der Waals surface area contributed by atoms with Gasteiger partial charge < -0.3 is 4.42 Å². The highest BCUT2D eigenvalue weighted by atomic mass is 16.3. The summed E-state index contributed by atoms with van der Waals surface area (Å²) in [6.07, 6.45) is 0. The summed E-state index contributed by atoms with van der Waals surface area (Å²) in [7, 11) is 0. The number of benzene rings is 9. The average Bonchev–Trinajstić information content (AvgIpc) is 3.64. The highest BCUT2D eigenvalue weighted by Gasteiger charge is 2.22. The molecule has 0 saturated carbocycles. The molecule has 49 heavy (non-hydrogen) atoms. The van der Waals surface area contributed by atoms with Crippen molar-refractivity contribution in [2.75, 3.05) is 0 Å². The Bertz CT molecular complexity index is 3260. The van der Waals surface area contributed by atoms with Gasteiger partial charge in [-0.2, -0.15) is 0 Å². The van der Waals surface area contributed by atoms with E-state index in [9.17, 15) is 6.85 Å². The Labute approximate surface area is 294 Å². The standard InChI is InChI=1S/C48H30O/c1-3-14-31(15-4-1)34-27-28-40-43(30-34)46(37-21-10-9-19-35(37)32-16-5-2-6-17-32)39-23-12-11-22-38(39)45(40)41-24-13-25-44-47(41)42-29-26-33-18-7-8-20-36(33)48(42)49-44/h1-30H/i11D,12D,22D,23D,27D,28D,30D. The molecule has 1 heterocycles. The lowest BCUT2D eigenvalue weighted by molar-refractivity contribution is 0.673. The summed E-state index contributed by atoms with van der Waals surface area (Å²) >= 11 is 0. The van der Waals surface area contributed by atoms with Crippen molar-refractivity contribution in [3.63, 3.8) is 0 Å². The molecule has 0 amide bonds. The van der Waals surface area contributed by atoms with Gasteiger partial charge >= 0.3 is 0 Å². The minimum absolute atomic E-state index is 0.00385. The molecule has 0 radical (unpaired) electrons. The van der Waals surface area contributed by atoms with E-state index in [0.717, 1.165) is 27.3 Å². The maximum absolute atomic E-state index is 10.1. The monoisotopic (exact) mass is 629 g/mol. The SMILES string of the molecule is [2H]c1c([2H])c([2H])c2c(-c3cccc4oc5c6ccccc6ccc5c34)c3c([2H])c([2H])c(-c4ccccc4)c([2H])c3c(-c3ccccc3-c3ccccc3)c2c1[2H]. The molecule has 0 unspecified atom stereocenters. The van der Waals surface area contributed by atoms with Crippen LogP contribution in [0, 0.1) is 0 Å². The van der Waals surface area contributed by atoms with E-state index in [4.69, 9.17) is 7.16 Å². The second-order valence-corrected chi connectivity index (χ2v) is 12.2. The van der Waals surface area contributed by atoms with Crippen molar-refractivity contribution < 1.29 is 14.0 Å². The first-order valence-electron chi connectivity index (χ1n) is 19.8. The molecule has 0 spiro atoms. The van der Waals surface area contributed by atoms with Crippen LogP contribution in [0.3, 0.4) is 0 Å². The zero-order valence-corrected chi connectivity index (χ0v) is 26.2. The third-order valence-corrected chi connectivity index (χ3v) is 9.50. The first kappa shape index (κ1) is 21.4. The van der Waals surface area contributed by atoms with E-state index < -0.39 is 12.1 Å². The molecule has 1 aromatic heterocycles. The van der Waals surface area contributed by atoms with E-state index >= 15 is 0 Å². The minimum atomic E-state index is -0.412. The number of hydrogen-bond acceptors (Lipinski definition) is 1. The summed E-state index contributed by atoms with van der Waals surface area (Å²) in [6, 6.07) is 42.6. The van der Waals surface area contributed by atoms with Crippen LogP contribution in [0.5, 0.6) is 0 Å². The maximum atomic E-state index is 10.1. The van der Waals surface area contributed by atoms with Gasteiger partial charge in [0, 0.05) is 16.2 Å². The van der Waals surface area contributed by atoms with E-state index in [1.54, 1.807) is 0 Å². The van der Waals surface area contributed by atoms with Crippen LogP contribution >= 0.6 is 0 Å². The zero-order valence-electron chi connectivity index (χ0n) is 33.2. The molecule has 0 atom stereocenters. The van der Waals surface area contributed by atoms with Crippen molar-refractivity contribution >= 4 is 54.3 Å². The molecular formula is C48H30O. The van der Waals surface area contributed by atoms with Crippen molar-refractivity contribution in [2.45, 2.75) is 0 Å². The highest BCUT2D eigenvalue weighted by Crippen LogP contribution is 2.49. The number of rotatable bonds is 4. The van der Waals surface area contributed by atoms with Crippen LogP contribution in [0.1, 0.15) is 9.60 Å². The largest absolute Gasteiger partial charge is 0.455 e. The van der Waals surface area contributed by atoms with E-state index in [0.29, 0.717) is 49.8 Å². The van der Waals surface area contributed by atoms with Gasteiger partial charge in [-0.3, -0.25) is 0 Å². The van der Waals surface area contributed by atoms with Crippen molar-refractivity contribution in [1.82, 2.24) is 0 Å². The van der Waals surface area contributed by atoms with Gasteiger partial charge in [0.15, 0.2) is 0 Å². The van der Waals surface area contributed by atoms with Gasteiger partial charge in [-0.05, 0) is 89.6 Å². The molecule has 228 valence electrons.